The van der Waals surface area contributed by atoms with Crippen molar-refractivity contribution in [1.82, 2.24) is 4.31 Å². The lowest BCUT2D eigenvalue weighted by molar-refractivity contribution is -0.883. The van der Waals surface area contributed by atoms with Crippen LogP contribution in [0.1, 0.15) is 12.8 Å². The zero-order chi connectivity index (χ0) is 36.0. The number of sulfonamides is 1. The summed E-state index contributed by atoms with van der Waals surface area (Å²) in [7, 11) is -5.50. The van der Waals surface area contributed by atoms with Gasteiger partial charge in [0.05, 0.1) is 27.1 Å². The van der Waals surface area contributed by atoms with Crippen LogP contribution >= 0.6 is 0 Å². The number of carboxylic acids is 2. The summed E-state index contributed by atoms with van der Waals surface area (Å²) in [5, 5.41) is 9.57. The van der Waals surface area contributed by atoms with Gasteiger partial charge in [-0.1, -0.05) is 0 Å². The van der Waals surface area contributed by atoms with Gasteiger partial charge in [0.25, 0.3) is 10.0 Å². The number of quaternary nitrogens is 1. The molecule has 44 heavy (non-hydrogen) atoms. The number of hydrogen-bond acceptors (Lipinski definition) is 4. The van der Waals surface area contributed by atoms with Crippen molar-refractivity contribution in [1.29, 1.82) is 0 Å². The molecule has 0 bridgehead atoms. The van der Waals surface area contributed by atoms with Crippen LogP contribution in [0.15, 0.2) is 0 Å². The molecule has 0 aromatic rings. The van der Waals surface area contributed by atoms with E-state index >= 15 is 0 Å². The Morgan fingerprint density at radius 1 is 0.614 bits per heavy atom. The first kappa shape index (κ1) is 41.6. The van der Waals surface area contributed by atoms with Crippen molar-refractivity contribution in [3.63, 3.8) is 0 Å². The number of likely N-dealkylation sites (N-methyl/N-ethyl adjacent to an activating group) is 1. The van der Waals surface area contributed by atoms with E-state index < -0.39 is 117 Å². The standard InChI is InChI=1S/C18H19F17N2O6S/c1-37(2,8-10(40)41)7-3-5-36(6-4-9(38)39)44(42,43)18(34,35)16(29,30)14(25,26)12(21,22)11(19,20)13(23,24)15(27,28)17(31,32)33/h3-8H2,1-2H3,(H-,38,39,40,41)/p+1. The van der Waals surface area contributed by atoms with Crippen molar-refractivity contribution in [3.05, 3.63) is 0 Å². The summed E-state index contributed by atoms with van der Waals surface area (Å²) >= 11 is 0. The van der Waals surface area contributed by atoms with Gasteiger partial charge in [-0.15, -0.1) is 0 Å². The van der Waals surface area contributed by atoms with Gasteiger partial charge in [-0.2, -0.15) is 78.9 Å². The van der Waals surface area contributed by atoms with Gasteiger partial charge in [-0.25, -0.2) is 13.2 Å². The molecular weight excluding hydrogens is 695 g/mol. The summed E-state index contributed by atoms with van der Waals surface area (Å²) in [6.07, 6.45) is -10.5. The number of rotatable bonds is 17. The number of carboxylic acid groups (broad SMARTS) is 2. The van der Waals surface area contributed by atoms with Crippen molar-refractivity contribution in [3.8, 4) is 0 Å². The van der Waals surface area contributed by atoms with Gasteiger partial charge in [0.1, 0.15) is 0 Å². The lowest BCUT2D eigenvalue weighted by Gasteiger charge is -2.43. The van der Waals surface area contributed by atoms with Crippen molar-refractivity contribution < 1.29 is 107 Å². The second-order valence-corrected chi connectivity index (χ2v) is 11.6. The van der Waals surface area contributed by atoms with E-state index in [2.05, 4.69) is 0 Å². The fourth-order valence-electron chi connectivity index (χ4n) is 3.17. The van der Waals surface area contributed by atoms with E-state index in [4.69, 9.17) is 10.2 Å². The number of alkyl halides is 17. The summed E-state index contributed by atoms with van der Waals surface area (Å²) in [5.41, 5.74) is 0. The Morgan fingerprint density at radius 2 is 0.977 bits per heavy atom. The molecule has 0 amide bonds. The lowest BCUT2D eigenvalue weighted by atomic mass is 9.91. The first-order chi connectivity index (χ1) is 18.9. The maximum absolute atomic E-state index is 14.5. The van der Waals surface area contributed by atoms with Crippen LogP contribution in [0.2, 0.25) is 0 Å². The van der Waals surface area contributed by atoms with E-state index in [9.17, 15) is 92.6 Å². The highest BCUT2D eigenvalue weighted by atomic mass is 32.2. The van der Waals surface area contributed by atoms with Crippen molar-refractivity contribution in [2.45, 2.75) is 59.8 Å². The molecule has 0 radical (unpaired) electrons. The van der Waals surface area contributed by atoms with Gasteiger partial charge in [0.2, 0.25) is 0 Å². The first-order valence-electron chi connectivity index (χ1n) is 10.9. The summed E-state index contributed by atoms with van der Waals surface area (Å²) in [6, 6.07) is 0. The molecule has 0 saturated heterocycles. The molecule has 0 aromatic heterocycles. The number of carbonyl (C=O) groups is 2. The van der Waals surface area contributed by atoms with Gasteiger partial charge < -0.3 is 14.7 Å². The van der Waals surface area contributed by atoms with Crippen LogP contribution in [0.4, 0.5) is 74.6 Å². The Labute approximate surface area is 234 Å². The third kappa shape index (κ3) is 6.89. The van der Waals surface area contributed by atoms with Crippen LogP contribution in [-0.2, 0) is 19.6 Å². The van der Waals surface area contributed by atoms with E-state index in [1.807, 2.05) is 0 Å². The molecule has 26 heteroatoms. The first-order valence-corrected chi connectivity index (χ1v) is 12.3. The van der Waals surface area contributed by atoms with Crippen molar-refractivity contribution in [2.75, 3.05) is 40.3 Å². The van der Waals surface area contributed by atoms with Gasteiger partial charge in [-0.05, 0) is 0 Å². The predicted octanol–water partition coefficient (Wildman–Crippen LogP) is 4.61. The largest absolute Gasteiger partial charge is 0.481 e. The number of hydrogen-bond donors (Lipinski definition) is 2. The second kappa shape index (κ2) is 12.1. The van der Waals surface area contributed by atoms with E-state index in [0.717, 1.165) is 14.1 Å². The Balaban J connectivity index is 6.94. The zero-order valence-corrected chi connectivity index (χ0v) is 22.3. The molecule has 0 fully saturated rings. The smallest absolute Gasteiger partial charge is 0.460 e. The molecule has 0 heterocycles. The SMILES string of the molecule is C[N+](C)(CCCN(CCC(=O)O)S(=O)(=O)C(F)(F)C(F)(F)C(F)(F)C(F)(F)C(F)(F)C(F)(F)C(F)(F)C(F)(F)F)CC(=O)O. The van der Waals surface area contributed by atoms with Crippen LogP contribution in [0.3, 0.4) is 0 Å². The minimum atomic E-state index is -9.00. The van der Waals surface area contributed by atoms with Gasteiger partial charge >= 0.3 is 58.9 Å². The van der Waals surface area contributed by atoms with E-state index in [1.165, 1.54) is 0 Å². The maximum Gasteiger partial charge on any atom is 0.460 e. The third-order valence-electron chi connectivity index (χ3n) is 5.67. The molecule has 0 unspecified atom stereocenters. The molecule has 262 valence electrons. The molecule has 0 aliphatic rings. The molecule has 2 N–H and O–H groups in total. The lowest BCUT2D eigenvalue weighted by Crippen LogP contribution is -2.75. The molecule has 0 rings (SSSR count). The average molecular weight is 715 g/mol. The monoisotopic (exact) mass is 715 g/mol. The number of aliphatic carboxylic acids is 2. The minimum Gasteiger partial charge on any atom is -0.481 e. The van der Waals surface area contributed by atoms with Crippen LogP contribution in [0.5, 0.6) is 0 Å². The fraction of sp³-hybridized carbons (Fsp3) is 0.889. The van der Waals surface area contributed by atoms with Crippen molar-refractivity contribution in [2.24, 2.45) is 0 Å². The van der Waals surface area contributed by atoms with Gasteiger partial charge in [0.15, 0.2) is 6.54 Å². The van der Waals surface area contributed by atoms with Crippen LogP contribution in [-0.4, -0.2) is 127 Å². The van der Waals surface area contributed by atoms with E-state index in [0.29, 0.717) is 0 Å². The van der Waals surface area contributed by atoms with Crippen molar-refractivity contribution >= 4 is 22.0 Å². The second-order valence-electron chi connectivity index (χ2n) is 9.57. The summed E-state index contributed by atoms with van der Waals surface area (Å²) in [4.78, 5) is 21.5. The van der Waals surface area contributed by atoms with Crippen LogP contribution in [0.25, 0.3) is 0 Å². The maximum atomic E-state index is 14.5. The normalized spacial score (nSPS) is 15.5. The molecule has 8 nitrogen and oxygen atoms in total. The Kier molecular flexibility index (Phi) is 11.4. The number of nitrogens with zero attached hydrogens (tertiary/aromatic N) is 2. The van der Waals surface area contributed by atoms with Crippen LogP contribution in [0, 0.1) is 0 Å². The van der Waals surface area contributed by atoms with Gasteiger partial charge in [-0.3, -0.25) is 4.79 Å². The summed E-state index contributed by atoms with van der Waals surface area (Å²) in [6.45, 7) is -4.87. The highest BCUT2D eigenvalue weighted by Crippen LogP contribution is 2.64. The Bertz CT molecular complexity index is 1170. The Hall–Kier alpha value is -2.38. The summed E-state index contributed by atoms with van der Waals surface area (Å²) in [5.74, 6) is -56.1. The number of halogens is 17. The molecule has 0 aliphatic carbocycles. The summed E-state index contributed by atoms with van der Waals surface area (Å²) < 4.78 is 253. The van der Waals surface area contributed by atoms with E-state index in [1.54, 1.807) is 0 Å². The topological polar surface area (TPSA) is 112 Å². The highest BCUT2D eigenvalue weighted by molar-refractivity contribution is 7.90. The molecule has 0 atom stereocenters. The molecule has 0 aromatic carbocycles. The highest BCUT2D eigenvalue weighted by Gasteiger charge is 2.96. The van der Waals surface area contributed by atoms with E-state index in [-0.39, 0.29) is 0 Å². The zero-order valence-electron chi connectivity index (χ0n) is 21.5. The van der Waals surface area contributed by atoms with Crippen LogP contribution < -0.4 is 0 Å². The quantitative estimate of drug-likeness (QED) is 0.168. The Morgan fingerprint density at radius 3 is 1.32 bits per heavy atom. The average Bonchev–Trinajstić information content (AvgIpc) is 2.78. The molecule has 0 aliphatic heterocycles. The predicted molar refractivity (Wildman–Crippen MR) is 108 cm³/mol. The molecular formula is C18H20F17N2O6S+. The van der Waals surface area contributed by atoms with Gasteiger partial charge in [0, 0.05) is 19.5 Å². The minimum absolute atomic E-state index is 0.601. The molecule has 0 spiro atoms. The fourth-order valence-corrected chi connectivity index (χ4v) is 4.64. The third-order valence-corrected chi connectivity index (χ3v) is 7.62. The molecule has 0 saturated carbocycles.